The van der Waals surface area contributed by atoms with E-state index in [1.54, 1.807) is 25.2 Å². The van der Waals surface area contributed by atoms with E-state index in [4.69, 9.17) is 16.3 Å². The number of aryl methyl sites for hydroxylation is 1. The highest BCUT2D eigenvalue weighted by Gasteiger charge is 2.24. The average molecular weight is 398 g/mol. The summed E-state index contributed by atoms with van der Waals surface area (Å²) in [5.41, 5.74) is 2.74. The third kappa shape index (κ3) is 4.58. The van der Waals surface area contributed by atoms with Crippen LogP contribution in [-0.4, -0.2) is 34.8 Å². The number of methoxy groups -OCH3 is 1. The second kappa shape index (κ2) is 8.71. The molecule has 0 saturated heterocycles. The Bertz CT molecular complexity index is 968. The Hall–Kier alpha value is -3.12. The van der Waals surface area contributed by atoms with Gasteiger partial charge in [0.15, 0.2) is 0 Å². The van der Waals surface area contributed by atoms with Gasteiger partial charge in [-0.2, -0.15) is 5.10 Å². The zero-order valence-electron chi connectivity index (χ0n) is 15.6. The summed E-state index contributed by atoms with van der Waals surface area (Å²) < 4.78 is 6.33. The van der Waals surface area contributed by atoms with Crippen LogP contribution < -0.4 is 5.32 Å². The summed E-state index contributed by atoms with van der Waals surface area (Å²) >= 11 is 5.92. The fourth-order valence-corrected chi connectivity index (χ4v) is 2.98. The number of halogens is 1. The minimum atomic E-state index is -0.797. The Kier molecular flexibility index (Phi) is 6.11. The van der Waals surface area contributed by atoms with Gasteiger partial charge in [-0.25, -0.2) is 4.79 Å². The second-order valence-electron chi connectivity index (χ2n) is 6.28. The molecule has 28 heavy (non-hydrogen) atoms. The van der Waals surface area contributed by atoms with E-state index in [2.05, 4.69) is 10.4 Å². The van der Waals surface area contributed by atoms with Crippen LogP contribution in [0.15, 0.2) is 60.7 Å². The number of nitrogens with one attached hydrogen (secondary N) is 1. The van der Waals surface area contributed by atoms with Crippen molar-refractivity contribution in [2.24, 2.45) is 7.05 Å². The Balaban J connectivity index is 1.80. The molecule has 1 aromatic heterocycles. The number of hydrogen-bond acceptors (Lipinski definition) is 4. The predicted molar refractivity (Wildman–Crippen MR) is 107 cm³/mol. The molecule has 0 aliphatic carbocycles. The summed E-state index contributed by atoms with van der Waals surface area (Å²) in [6.07, 6.45) is 0.334. The van der Waals surface area contributed by atoms with Crippen LogP contribution in [0.1, 0.15) is 16.1 Å². The third-order valence-corrected chi connectivity index (χ3v) is 4.58. The van der Waals surface area contributed by atoms with Crippen molar-refractivity contribution in [1.29, 1.82) is 0 Å². The van der Waals surface area contributed by atoms with Gasteiger partial charge in [-0.15, -0.1) is 0 Å². The van der Waals surface area contributed by atoms with E-state index in [-0.39, 0.29) is 0 Å². The highest BCUT2D eigenvalue weighted by Crippen LogP contribution is 2.21. The number of esters is 1. The van der Waals surface area contributed by atoms with E-state index in [1.165, 1.54) is 11.8 Å². The first-order valence-corrected chi connectivity index (χ1v) is 9.08. The van der Waals surface area contributed by atoms with E-state index in [0.717, 1.165) is 11.1 Å². The predicted octanol–water partition coefficient (Wildman–Crippen LogP) is 3.25. The van der Waals surface area contributed by atoms with E-state index in [0.29, 0.717) is 22.8 Å². The zero-order valence-corrected chi connectivity index (χ0v) is 16.3. The van der Waals surface area contributed by atoms with Gasteiger partial charge >= 0.3 is 5.97 Å². The van der Waals surface area contributed by atoms with Gasteiger partial charge in [0.2, 0.25) is 0 Å². The van der Waals surface area contributed by atoms with Crippen molar-refractivity contribution in [1.82, 2.24) is 15.1 Å². The lowest BCUT2D eigenvalue weighted by atomic mass is 10.1. The van der Waals surface area contributed by atoms with E-state index >= 15 is 0 Å². The summed E-state index contributed by atoms with van der Waals surface area (Å²) in [5, 5.41) is 7.76. The van der Waals surface area contributed by atoms with Gasteiger partial charge < -0.3 is 10.1 Å². The van der Waals surface area contributed by atoms with Crippen LogP contribution in [-0.2, 0) is 23.0 Å². The normalized spacial score (nSPS) is 11.7. The molecule has 1 heterocycles. The molecule has 0 spiro atoms. The molecule has 0 radical (unpaired) electrons. The Morgan fingerprint density at radius 2 is 1.82 bits per heavy atom. The fraction of sp³-hybridized carbons (Fsp3) is 0.190. The summed E-state index contributed by atoms with van der Waals surface area (Å²) in [6.45, 7) is 0. The number of benzene rings is 2. The van der Waals surface area contributed by atoms with Gasteiger partial charge in [0.25, 0.3) is 5.91 Å². The third-order valence-electron chi connectivity index (χ3n) is 4.33. The molecule has 0 bridgehead atoms. The van der Waals surface area contributed by atoms with Gasteiger partial charge in [0, 0.05) is 24.1 Å². The zero-order chi connectivity index (χ0) is 20.1. The first-order chi connectivity index (χ1) is 13.5. The van der Waals surface area contributed by atoms with E-state index in [1.807, 2.05) is 42.5 Å². The number of rotatable bonds is 6. The fourth-order valence-electron chi connectivity index (χ4n) is 2.86. The number of amides is 1. The first kappa shape index (κ1) is 19.6. The highest BCUT2D eigenvalue weighted by atomic mass is 35.5. The summed E-state index contributed by atoms with van der Waals surface area (Å²) in [6, 6.07) is 17.5. The molecule has 3 rings (SSSR count). The molecule has 144 valence electrons. The maximum atomic E-state index is 12.8. The maximum absolute atomic E-state index is 12.8. The molecule has 1 N–H and O–H groups in total. The molecular formula is C21H20ClN3O3. The molecule has 0 aliphatic rings. The summed E-state index contributed by atoms with van der Waals surface area (Å²) in [5.74, 6) is -0.904. The molecule has 0 aliphatic heterocycles. The molecule has 0 fully saturated rings. The molecule has 0 saturated carbocycles. The monoisotopic (exact) mass is 397 g/mol. The van der Waals surface area contributed by atoms with Gasteiger partial charge in [-0.3, -0.25) is 9.48 Å². The Labute approximate surface area is 168 Å². The quantitative estimate of drug-likeness (QED) is 0.648. The largest absolute Gasteiger partial charge is 0.467 e. The Morgan fingerprint density at radius 3 is 2.46 bits per heavy atom. The van der Waals surface area contributed by atoms with E-state index in [9.17, 15) is 9.59 Å². The standard InChI is InChI=1S/C21H20ClN3O3/c1-25-19(13-17(24-25)15-8-10-16(22)11-9-15)20(26)23-18(21(27)28-2)12-14-6-4-3-5-7-14/h3-11,13,18H,12H2,1-2H3,(H,23,26)/t18-/m0/s1. The van der Waals surface area contributed by atoms with Crippen molar-refractivity contribution >= 4 is 23.5 Å². The van der Waals surface area contributed by atoms with Crippen LogP contribution in [0.4, 0.5) is 0 Å². The number of nitrogens with zero attached hydrogens (tertiary/aromatic N) is 2. The van der Waals surface area contributed by atoms with Crippen LogP contribution >= 0.6 is 11.6 Å². The number of carbonyl (C=O) groups excluding carboxylic acids is 2. The lowest BCUT2D eigenvalue weighted by molar-refractivity contribution is -0.142. The van der Waals surface area contributed by atoms with Crippen LogP contribution in [0.25, 0.3) is 11.3 Å². The number of ether oxygens (including phenoxy) is 1. The van der Waals surface area contributed by atoms with Gasteiger partial charge in [-0.1, -0.05) is 54.1 Å². The topological polar surface area (TPSA) is 73.2 Å². The molecule has 3 aromatic rings. The van der Waals surface area contributed by atoms with Crippen molar-refractivity contribution in [3.63, 3.8) is 0 Å². The smallest absolute Gasteiger partial charge is 0.328 e. The molecular weight excluding hydrogens is 378 g/mol. The van der Waals surface area contributed by atoms with E-state index < -0.39 is 17.9 Å². The lowest BCUT2D eigenvalue weighted by Gasteiger charge is -2.16. The molecule has 7 heteroatoms. The number of carbonyl (C=O) groups is 2. The van der Waals surface area contributed by atoms with Crippen molar-refractivity contribution in [3.8, 4) is 11.3 Å². The molecule has 1 atom stereocenters. The minimum absolute atomic E-state index is 0.334. The second-order valence-corrected chi connectivity index (χ2v) is 6.72. The minimum Gasteiger partial charge on any atom is -0.467 e. The lowest BCUT2D eigenvalue weighted by Crippen LogP contribution is -2.43. The van der Waals surface area contributed by atoms with Crippen LogP contribution in [0.3, 0.4) is 0 Å². The van der Waals surface area contributed by atoms with Crippen molar-refractivity contribution in [2.75, 3.05) is 7.11 Å². The first-order valence-electron chi connectivity index (χ1n) is 8.70. The molecule has 2 aromatic carbocycles. The van der Waals surface area contributed by atoms with Gasteiger partial charge in [-0.05, 0) is 23.8 Å². The summed E-state index contributed by atoms with van der Waals surface area (Å²) in [7, 11) is 2.98. The van der Waals surface area contributed by atoms with Crippen molar-refractivity contribution in [2.45, 2.75) is 12.5 Å². The molecule has 0 unspecified atom stereocenters. The van der Waals surface area contributed by atoms with Gasteiger partial charge in [0.1, 0.15) is 11.7 Å². The Morgan fingerprint density at radius 1 is 1.14 bits per heavy atom. The SMILES string of the molecule is COC(=O)[C@H](Cc1ccccc1)NC(=O)c1cc(-c2ccc(Cl)cc2)nn1C. The highest BCUT2D eigenvalue weighted by molar-refractivity contribution is 6.30. The van der Waals surface area contributed by atoms with Crippen molar-refractivity contribution in [3.05, 3.63) is 76.9 Å². The average Bonchev–Trinajstić information content (AvgIpc) is 3.10. The summed E-state index contributed by atoms with van der Waals surface area (Å²) in [4.78, 5) is 24.9. The number of hydrogen-bond donors (Lipinski definition) is 1. The van der Waals surface area contributed by atoms with Crippen LogP contribution in [0.2, 0.25) is 5.02 Å². The van der Waals surface area contributed by atoms with Crippen molar-refractivity contribution < 1.29 is 14.3 Å². The maximum Gasteiger partial charge on any atom is 0.328 e. The van der Waals surface area contributed by atoms with Gasteiger partial charge in [0.05, 0.1) is 12.8 Å². The van der Waals surface area contributed by atoms with Crippen LogP contribution in [0.5, 0.6) is 0 Å². The number of aromatic nitrogens is 2. The van der Waals surface area contributed by atoms with Crippen LogP contribution in [0, 0.1) is 0 Å². The molecule has 1 amide bonds. The molecule has 6 nitrogen and oxygen atoms in total.